The summed E-state index contributed by atoms with van der Waals surface area (Å²) in [6.07, 6.45) is 0. The number of halogens is 1. The zero-order valence-corrected chi connectivity index (χ0v) is 13.8. The van der Waals surface area contributed by atoms with Crippen molar-refractivity contribution in [3.63, 3.8) is 0 Å². The molecule has 2 nitrogen and oxygen atoms in total. The van der Waals surface area contributed by atoms with E-state index in [2.05, 4.69) is 52.3 Å². The van der Waals surface area contributed by atoms with Crippen molar-refractivity contribution in [2.45, 2.75) is 60.5 Å². The van der Waals surface area contributed by atoms with Crippen molar-refractivity contribution in [2.24, 2.45) is 10.4 Å². The Hall–Kier alpha value is 0.303. The molecule has 0 saturated heterocycles. The normalized spacial score (nSPS) is 13.9. The van der Waals surface area contributed by atoms with Gasteiger partial charge < -0.3 is 0 Å². The van der Waals surface area contributed by atoms with E-state index in [0.29, 0.717) is 12.1 Å². The molecule has 15 heavy (non-hydrogen) atoms. The van der Waals surface area contributed by atoms with Crippen LogP contribution in [-0.2, 0) is 0 Å². The molecule has 0 aliphatic heterocycles. The first-order chi connectivity index (χ1) is 6.70. The standard InChI is InChI=1S/C11H23ClGeN2/c1-8(2)14-10(11(5,6)7)15(13-12)9(3)4/h8-9H,1-7H3. The number of amidine groups is 1. The van der Waals surface area contributed by atoms with Crippen LogP contribution in [-0.4, -0.2) is 36.5 Å². The first kappa shape index (κ1) is 15.3. The van der Waals surface area contributed by atoms with Crippen LogP contribution in [0.3, 0.4) is 0 Å². The fourth-order valence-corrected chi connectivity index (χ4v) is 4.08. The maximum absolute atomic E-state index is 6.12. The van der Waals surface area contributed by atoms with E-state index in [1.165, 1.54) is 0 Å². The predicted molar refractivity (Wildman–Crippen MR) is 70.6 cm³/mol. The Labute approximate surface area is 105 Å². The first-order valence-electron chi connectivity index (χ1n) is 5.44. The van der Waals surface area contributed by atoms with Crippen LogP contribution in [0.2, 0.25) is 0 Å². The Morgan fingerprint density at radius 3 is 1.87 bits per heavy atom. The summed E-state index contributed by atoms with van der Waals surface area (Å²) < 4.78 is 2.28. The third-order valence-corrected chi connectivity index (χ3v) is 4.74. The molecule has 0 bridgehead atoms. The quantitative estimate of drug-likeness (QED) is 0.442. The number of hydrogen-bond donors (Lipinski definition) is 0. The fourth-order valence-electron chi connectivity index (χ4n) is 1.24. The van der Waals surface area contributed by atoms with Crippen LogP contribution in [0.5, 0.6) is 0 Å². The molecule has 2 radical (unpaired) electrons. The summed E-state index contributed by atoms with van der Waals surface area (Å²) in [5.41, 5.74) is 0.0763. The summed E-state index contributed by atoms with van der Waals surface area (Å²) in [5.74, 6) is 1.16. The van der Waals surface area contributed by atoms with E-state index >= 15 is 0 Å². The molecule has 0 aliphatic carbocycles. The van der Waals surface area contributed by atoms with Crippen molar-refractivity contribution in [1.82, 2.24) is 3.86 Å². The molecule has 4 heteroatoms. The molecule has 0 amide bonds. The number of rotatable bonds is 3. The Bertz CT molecular complexity index is 219. The van der Waals surface area contributed by atoms with E-state index in [1.807, 2.05) is 0 Å². The molecule has 0 saturated carbocycles. The maximum atomic E-state index is 6.12. The molecule has 0 aromatic carbocycles. The number of hydrogen-bond acceptors (Lipinski definition) is 1. The van der Waals surface area contributed by atoms with E-state index in [9.17, 15) is 0 Å². The number of nitrogens with zero attached hydrogens (tertiary/aromatic N) is 2. The van der Waals surface area contributed by atoms with Gasteiger partial charge in [0.05, 0.1) is 0 Å². The Kier molecular flexibility index (Phi) is 6.26. The van der Waals surface area contributed by atoms with Gasteiger partial charge in [-0.15, -0.1) is 0 Å². The second kappa shape index (κ2) is 6.14. The SMILES string of the molecule is CC(C)N=C([N]([Ge][Cl])C(C)C)C(C)(C)C. The zero-order chi connectivity index (χ0) is 12.2. The number of aliphatic imine (C=N–C) groups is 1. The molecule has 88 valence electrons. The average molecular weight is 291 g/mol. The van der Waals surface area contributed by atoms with E-state index in [0.717, 1.165) is 5.84 Å². The van der Waals surface area contributed by atoms with Crippen LogP contribution in [0.25, 0.3) is 0 Å². The summed E-state index contributed by atoms with van der Waals surface area (Å²) in [4.78, 5) is 4.73. The van der Waals surface area contributed by atoms with Crippen molar-refractivity contribution in [1.29, 1.82) is 0 Å². The van der Waals surface area contributed by atoms with Gasteiger partial charge in [-0.3, -0.25) is 0 Å². The molecule has 0 aromatic rings. The van der Waals surface area contributed by atoms with Crippen LogP contribution < -0.4 is 0 Å². The molecule has 0 atom stereocenters. The van der Waals surface area contributed by atoms with Crippen molar-refractivity contribution in [2.75, 3.05) is 0 Å². The third kappa shape index (κ3) is 5.25. The second-order valence-corrected chi connectivity index (χ2v) is 7.59. The summed E-state index contributed by atoms with van der Waals surface area (Å²) in [7, 11) is 6.12. The molecule has 0 N–H and O–H groups in total. The fraction of sp³-hybridized carbons (Fsp3) is 0.909. The van der Waals surface area contributed by atoms with Gasteiger partial charge >= 0.3 is 105 Å². The van der Waals surface area contributed by atoms with E-state index in [1.54, 1.807) is 0 Å². The van der Waals surface area contributed by atoms with Gasteiger partial charge in [0.25, 0.3) is 0 Å². The van der Waals surface area contributed by atoms with E-state index in [4.69, 9.17) is 15.0 Å². The zero-order valence-electron chi connectivity index (χ0n) is 10.9. The third-order valence-electron chi connectivity index (χ3n) is 1.89. The predicted octanol–water partition coefficient (Wildman–Crippen LogP) is 3.32. The average Bonchev–Trinajstić information content (AvgIpc) is 2.00. The van der Waals surface area contributed by atoms with Gasteiger partial charge in [0.15, 0.2) is 0 Å². The summed E-state index contributed by atoms with van der Waals surface area (Å²) in [5, 5.41) is 0. The molecule has 0 heterocycles. The van der Waals surface area contributed by atoms with E-state index in [-0.39, 0.29) is 5.41 Å². The minimum absolute atomic E-state index is 0.0763. The van der Waals surface area contributed by atoms with Gasteiger partial charge in [0.2, 0.25) is 0 Å². The molecule has 0 rings (SSSR count). The van der Waals surface area contributed by atoms with Gasteiger partial charge in [-0.2, -0.15) is 0 Å². The monoisotopic (exact) mass is 292 g/mol. The molecule has 0 fully saturated rings. The Morgan fingerprint density at radius 2 is 1.67 bits per heavy atom. The van der Waals surface area contributed by atoms with Crippen molar-refractivity contribution < 1.29 is 0 Å². The molecular weight excluding hydrogens is 268 g/mol. The molecule has 0 spiro atoms. The summed E-state index contributed by atoms with van der Waals surface area (Å²) in [6, 6.07) is 0.773. The minimum atomic E-state index is -0.593. The van der Waals surface area contributed by atoms with Crippen molar-refractivity contribution in [3.8, 4) is 0 Å². The Balaban J connectivity index is 5.10. The van der Waals surface area contributed by atoms with Crippen molar-refractivity contribution in [3.05, 3.63) is 0 Å². The topological polar surface area (TPSA) is 15.6 Å². The van der Waals surface area contributed by atoms with Crippen LogP contribution in [0, 0.1) is 5.41 Å². The Morgan fingerprint density at radius 1 is 1.20 bits per heavy atom. The second-order valence-electron chi connectivity index (χ2n) is 5.34. The van der Waals surface area contributed by atoms with Crippen molar-refractivity contribution >= 4 is 30.6 Å². The summed E-state index contributed by atoms with van der Waals surface area (Å²) >= 11 is -0.593. The van der Waals surface area contributed by atoms with Crippen LogP contribution in [0.4, 0.5) is 0 Å². The summed E-state index contributed by atoms with van der Waals surface area (Å²) in [6.45, 7) is 15.2. The molecule has 0 aromatic heterocycles. The molecule has 0 unspecified atom stereocenters. The van der Waals surface area contributed by atoms with Gasteiger partial charge in [0.1, 0.15) is 0 Å². The first-order valence-corrected chi connectivity index (χ1v) is 9.13. The molecule has 0 aliphatic rings. The van der Waals surface area contributed by atoms with Gasteiger partial charge in [-0.1, -0.05) is 0 Å². The van der Waals surface area contributed by atoms with Crippen LogP contribution >= 0.6 is 10.0 Å². The van der Waals surface area contributed by atoms with Gasteiger partial charge in [-0.25, -0.2) is 0 Å². The van der Waals surface area contributed by atoms with Crippen LogP contribution in [0.1, 0.15) is 48.5 Å². The van der Waals surface area contributed by atoms with Crippen LogP contribution in [0.15, 0.2) is 4.99 Å². The van der Waals surface area contributed by atoms with Gasteiger partial charge in [0, 0.05) is 0 Å². The van der Waals surface area contributed by atoms with Gasteiger partial charge in [-0.05, 0) is 0 Å². The van der Waals surface area contributed by atoms with E-state index < -0.39 is 14.7 Å². The molecular formula is C11H23ClGeN2.